The van der Waals surface area contributed by atoms with Crippen LogP contribution in [0.5, 0.6) is 17.4 Å². The van der Waals surface area contributed by atoms with E-state index in [1.165, 1.54) is 30.6 Å². The van der Waals surface area contributed by atoms with Crippen LogP contribution in [-0.2, 0) is 4.79 Å². The number of halogens is 1. The number of hydrogen-bond acceptors (Lipinski definition) is 8. The molecule has 1 fully saturated rings. The van der Waals surface area contributed by atoms with Crippen LogP contribution >= 0.6 is 0 Å². The number of carbonyl (C=O) groups is 1. The van der Waals surface area contributed by atoms with Crippen LogP contribution in [-0.4, -0.2) is 65.6 Å². The summed E-state index contributed by atoms with van der Waals surface area (Å²) in [7, 11) is 0. The minimum Gasteiger partial charge on any atom is -0.475 e. The highest BCUT2D eigenvalue weighted by atomic mass is 19.1. The first-order valence-electron chi connectivity index (χ1n) is 9.58. The molecule has 0 aliphatic carbocycles. The van der Waals surface area contributed by atoms with Gasteiger partial charge in [0, 0.05) is 56.7 Å². The number of carbonyl (C=O) groups excluding carboxylic acids is 1. The fourth-order valence-corrected chi connectivity index (χ4v) is 3.11. The van der Waals surface area contributed by atoms with Gasteiger partial charge in [0.2, 0.25) is 12.3 Å². The number of rotatable bonds is 8. The maximum absolute atomic E-state index is 14.3. The number of anilines is 1. The van der Waals surface area contributed by atoms with E-state index in [4.69, 9.17) is 9.47 Å². The van der Waals surface area contributed by atoms with Gasteiger partial charge in [0.05, 0.1) is 6.20 Å². The van der Waals surface area contributed by atoms with E-state index >= 15 is 0 Å². The van der Waals surface area contributed by atoms with E-state index < -0.39 is 5.82 Å². The molecular weight excluding hydrogens is 391 g/mol. The van der Waals surface area contributed by atoms with E-state index in [1.807, 2.05) is 0 Å². The van der Waals surface area contributed by atoms with E-state index in [9.17, 15) is 9.18 Å². The molecule has 1 aromatic carbocycles. The van der Waals surface area contributed by atoms with Crippen molar-refractivity contribution >= 4 is 23.3 Å². The van der Waals surface area contributed by atoms with Crippen LogP contribution in [0.4, 0.5) is 10.1 Å². The number of ether oxygens (including phenoxy) is 2. The van der Waals surface area contributed by atoms with Gasteiger partial charge < -0.3 is 20.1 Å². The zero-order valence-corrected chi connectivity index (χ0v) is 16.2. The fraction of sp³-hybridized carbons (Fsp3) is 0.300. The molecular formula is C20H21FN6O3. The van der Waals surface area contributed by atoms with Gasteiger partial charge in [-0.05, 0) is 12.1 Å². The van der Waals surface area contributed by atoms with Crippen molar-refractivity contribution in [1.82, 2.24) is 25.2 Å². The summed E-state index contributed by atoms with van der Waals surface area (Å²) in [6, 6.07) is 5.71. The molecule has 156 valence electrons. The highest BCUT2D eigenvalue weighted by molar-refractivity contribution is 5.78. The van der Waals surface area contributed by atoms with Crippen LogP contribution in [0.25, 0.3) is 11.2 Å². The lowest BCUT2D eigenvalue weighted by atomic mass is 10.3. The van der Waals surface area contributed by atoms with Gasteiger partial charge in [-0.1, -0.05) is 0 Å². The predicted molar refractivity (Wildman–Crippen MR) is 108 cm³/mol. The van der Waals surface area contributed by atoms with Crippen molar-refractivity contribution in [2.24, 2.45) is 0 Å². The average Bonchev–Trinajstić information content (AvgIpc) is 2.77. The van der Waals surface area contributed by atoms with Crippen molar-refractivity contribution in [3.05, 3.63) is 42.5 Å². The Labute approximate surface area is 172 Å². The number of benzene rings is 1. The van der Waals surface area contributed by atoms with Crippen LogP contribution in [0.1, 0.15) is 0 Å². The predicted octanol–water partition coefficient (Wildman–Crippen LogP) is 1.81. The second-order valence-electron chi connectivity index (χ2n) is 6.64. The summed E-state index contributed by atoms with van der Waals surface area (Å²) in [6.45, 7) is 5.21. The first-order chi connectivity index (χ1) is 14.7. The fourth-order valence-electron chi connectivity index (χ4n) is 3.11. The summed E-state index contributed by atoms with van der Waals surface area (Å²) in [5, 5.41) is 5.70. The molecule has 0 spiro atoms. The Bertz CT molecular complexity index is 1030. The normalized spacial score (nSPS) is 14.4. The molecule has 10 heteroatoms. The molecule has 2 N–H and O–H groups in total. The van der Waals surface area contributed by atoms with Gasteiger partial charge in [0.1, 0.15) is 6.61 Å². The standard InChI is InChI=1S/C20H21FN6O3/c21-15-11-14(25-13-28)1-2-16(15)30-17-3-4-23-20-19(17)26-18(12-24-20)29-10-9-27-7-5-22-6-8-27/h1-4,11-13,22H,5-10H2,(H,25,28). The van der Waals surface area contributed by atoms with Crippen molar-refractivity contribution in [1.29, 1.82) is 0 Å². The van der Waals surface area contributed by atoms with Gasteiger partial charge in [0.15, 0.2) is 28.5 Å². The van der Waals surface area contributed by atoms with Gasteiger partial charge in [-0.15, -0.1) is 0 Å². The van der Waals surface area contributed by atoms with Gasteiger partial charge >= 0.3 is 0 Å². The van der Waals surface area contributed by atoms with E-state index in [0.717, 1.165) is 32.7 Å². The third kappa shape index (κ3) is 4.78. The van der Waals surface area contributed by atoms with Crippen molar-refractivity contribution in [2.45, 2.75) is 0 Å². The molecule has 1 aliphatic rings. The lowest BCUT2D eigenvalue weighted by Gasteiger charge is -2.26. The topological polar surface area (TPSA) is 102 Å². The largest absolute Gasteiger partial charge is 0.475 e. The average molecular weight is 412 g/mol. The molecule has 0 radical (unpaired) electrons. The lowest BCUT2D eigenvalue weighted by molar-refractivity contribution is -0.105. The van der Waals surface area contributed by atoms with Crippen LogP contribution in [0.3, 0.4) is 0 Å². The third-order valence-electron chi connectivity index (χ3n) is 4.63. The minimum atomic E-state index is -0.622. The zero-order valence-electron chi connectivity index (χ0n) is 16.2. The quantitative estimate of drug-likeness (QED) is 0.540. The summed E-state index contributed by atoms with van der Waals surface area (Å²) in [6.07, 6.45) is 3.50. The Hall–Kier alpha value is -3.37. The number of nitrogens with one attached hydrogen (secondary N) is 2. The number of nitrogens with zero attached hydrogens (tertiary/aromatic N) is 4. The Kier molecular flexibility index (Phi) is 6.26. The van der Waals surface area contributed by atoms with Crippen LogP contribution in [0, 0.1) is 5.82 Å². The van der Waals surface area contributed by atoms with Crippen LogP contribution in [0.15, 0.2) is 36.7 Å². The summed E-state index contributed by atoms with van der Waals surface area (Å²) >= 11 is 0. The Morgan fingerprint density at radius 1 is 1.20 bits per heavy atom. The zero-order chi connectivity index (χ0) is 20.8. The Morgan fingerprint density at radius 3 is 2.87 bits per heavy atom. The molecule has 0 atom stereocenters. The monoisotopic (exact) mass is 412 g/mol. The van der Waals surface area contributed by atoms with Crippen molar-refractivity contribution in [3.63, 3.8) is 0 Å². The first-order valence-corrected chi connectivity index (χ1v) is 9.58. The summed E-state index contributed by atoms with van der Waals surface area (Å²) in [5.41, 5.74) is 1.06. The van der Waals surface area contributed by atoms with E-state index in [2.05, 4.69) is 30.5 Å². The van der Waals surface area contributed by atoms with E-state index in [1.54, 1.807) is 6.07 Å². The molecule has 1 amide bonds. The molecule has 0 saturated carbocycles. The van der Waals surface area contributed by atoms with Gasteiger partial charge in [-0.3, -0.25) is 9.69 Å². The third-order valence-corrected chi connectivity index (χ3v) is 4.63. The Balaban J connectivity index is 1.49. The van der Waals surface area contributed by atoms with E-state index in [0.29, 0.717) is 41.5 Å². The number of amides is 1. The highest BCUT2D eigenvalue weighted by Gasteiger charge is 2.13. The van der Waals surface area contributed by atoms with Gasteiger partial charge in [-0.2, -0.15) is 0 Å². The Morgan fingerprint density at radius 2 is 2.07 bits per heavy atom. The molecule has 0 unspecified atom stereocenters. The van der Waals surface area contributed by atoms with Gasteiger partial charge in [-0.25, -0.2) is 19.3 Å². The number of pyridine rings is 1. The second-order valence-corrected chi connectivity index (χ2v) is 6.64. The number of piperazine rings is 1. The first kappa shape index (κ1) is 19.9. The molecule has 1 saturated heterocycles. The summed E-state index contributed by atoms with van der Waals surface area (Å²) in [4.78, 5) is 25.7. The van der Waals surface area contributed by atoms with Gasteiger partial charge in [0.25, 0.3) is 0 Å². The molecule has 3 aromatic rings. The van der Waals surface area contributed by atoms with Crippen molar-refractivity contribution < 1.29 is 18.7 Å². The smallest absolute Gasteiger partial charge is 0.233 e. The van der Waals surface area contributed by atoms with Crippen LogP contribution < -0.4 is 20.1 Å². The van der Waals surface area contributed by atoms with Crippen molar-refractivity contribution in [2.75, 3.05) is 44.6 Å². The SMILES string of the molecule is O=CNc1ccc(Oc2ccnc3ncc(OCCN4CCNCC4)nc23)c(F)c1. The minimum absolute atomic E-state index is 0.00854. The highest BCUT2D eigenvalue weighted by Crippen LogP contribution is 2.30. The number of aromatic nitrogens is 3. The molecule has 0 bridgehead atoms. The van der Waals surface area contributed by atoms with Crippen LogP contribution in [0.2, 0.25) is 0 Å². The molecule has 9 nitrogen and oxygen atoms in total. The number of hydrogen-bond donors (Lipinski definition) is 2. The second kappa shape index (κ2) is 9.42. The summed E-state index contributed by atoms with van der Waals surface area (Å²) in [5.74, 6) is 0.0190. The maximum Gasteiger partial charge on any atom is 0.233 e. The summed E-state index contributed by atoms with van der Waals surface area (Å²) < 4.78 is 25.8. The maximum atomic E-state index is 14.3. The molecule has 1 aliphatic heterocycles. The molecule has 2 aromatic heterocycles. The van der Waals surface area contributed by atoms with E-state index in [-0.39, 0.29) is 5.75 Å². The lowest BCUT2D eigenvalue weighted by Crippen LogP contribution is -2.44. The molecule has 4 rings (SSSR count). The number of fused-ring (bicyclic) bond motifs is 1. The molecule has 3 heterocycles. The van der Waals surface area contributed by atoms with Crippen molar-refractivity contribution in [3.8, 4) is 17.4 Å². The molecule has 30 heavy (non-hydrogen) atoms.